The van der Waals surface area contributed by atoms with Crippen LogP contribution in [0.15, 0.2) is 22.7 Å². The molecule has 0 atom stereocenters. The zero-order valence-electron chi connectivity index (χ0n) is 12.0. The van der Waals surface area contributed by atoms with Crippen molar-refractivity contribution >= 4 is 21.6 Å². The van der Waals surface area contributed by atoms with Crippen molar-refractivity contribution in [2.24, 2.45) is 0 Å². The Hall–Kier alpha value is -0.790. The SMILES string of the molecule is CCOC(CCNc1ccc(Br)c(C(F)(F)F)c1)OCC. The van der Waals surface area contributed by atoms with Gasteiger partial charge in [-0.15, -0.1) is 0 Å². The summed E-state index contributed by atoms with van der Waals surface area (Å²) in [6, 6.07) is 4.06. The van der Waals surface area contributed by atoms with E-state index in [0.717, 1.165) is 6.07 Å². The molecule has 1 rings (SSSR count). The molecule has 7 heteroatoms. The first-order valence-electron chi connectivity index (χ1n) is 6.72. The van der Waals surface area contributed by atoms with E-state index in [1.54, 1.807) is 6.07 Å². The van der Waals surface area contributed by atoms with Crippen LogP contribution in [-0.4, -0.2) is 26.0 Å². The van der Waals surface area contributed by atoms with Crippen LogP contribution in [0.3, 0.4) is 0 Å². The molecule has 0 bridgehead atoms. The lowest BCUT2D eigenvalue weighted by atomic mass is 10.2. The third-order valence-electron chi connectivity index (χ3n) is 2.69. The number of anilines is 1. The molecule has 0 fully saturated rings. The van der Waals surface area contributed by atoms with Crippen LogP contribution in [0.4, 0.5) is 18.9 Å². The molecule has 0 aliphatic carbocycles. The summed E-state index contributed by atoms with van der Waals surface area (Å²) in [4.78, 5) is 0. The normalized spacial score (nSPS) is 12.0. The molecule has 0 heterocycles. The van der Waals surface area contributed by atoms with Gasteiger partial charge in [0.25, 0.3) is 0 Å². The second-order valence-electron chi connectivity index (χ2n) is 4.25. The summed E-state index contributed by atoms with van der Waals surface area (Å²) < 4.78 is 49.1. The monoisotopic (exact) mass is 369 g/mol. The molecule has 1 N–H and O–H groups in total. The van der Waals surface area contributed by atoms with Crippen molar-refractivity contribution < 1.29 is 22.6 Å². The smallest absolute Gasteiger partial charge is 0.385 e. The lowest BCUT2D eigenvalue weighted by Gasteiger charge is -2.18. The van der Waals surface area contributed by atoms with Crippen molar-refractivity contribution in [1.82, 2.24) is 0 Å². The van der Waals surface area contributed by atoms with Crippen molar-refractivity contribution in [3.05, 3.63) is 28.2 Å². The maximum Gasteiger partial charge on any atom is 0.417 e. The Labute approximate surface area is 130 Å². The Kier molecular flexibility index (Phi) is 7.48. The van der Waals surface area contributed by atoms with Gasteiger partial charge in [0.15, 0.2) is 6.29 Å². The van der Waals surface area contributed by atoms with Crippen LogP contribution in [-0.2, 0) is 15.7 Å². The molecule has 21 heavy (non-hydrogen) atoms. The third-order valence-corrected chi connectivity index (χ3v) is 3.38. The van der Waals surface area contributed by atoms with Crippen LogP contribution in [0.2, 0.25) is 0 Å². The highest BCUT2D eigenvalue weighted by atomic mass is 79.9. The van der Waals surface area contributed by atoms with Gasteiger partial charge in [-0.2, -0.15) is 13.2 Å². The van der Waals surface area contributed by atoms with Crippen molar-refractivity contribution in [3.63, 3.8) is 0 Å². The van der Waals surface area contributed by atoms with Crippen molar-refractivity contribution in [2.45, 2.75) is 32.7 Å². The minimum absolute atomic E-state index is 0.0297. The van der Waals surface area contributed by atoms with Gasteiger partial charge in [0.2, 0.25) is 0 Å². The van der Waals surface area contributed by atoms with Crippen LogP contribution in [0.1, 0.15) is 25.8 Å². The topological polar surface area (TPSA) is 30.5 Å². The first-order chi connectivity index (χ1) is 9.88. The number of nitrogens with one attached hydrogen (secondary N) is 1. The van der Waals surface area contributed by atoms with Gasteiger partial charge in [0, 0.05) is 36.3 Å². The average Bonchev–Trinajstić information content (AvgIpc) is 2.40. The van der Waals surface area contributed by atoms with Crippen LogP contribution >= 0.6 is 15.9 Å². The van der Waals surface area contributed by atoms with Gasteiger partial charge in [-0.3, -0.25) is 0 Å². The van der Waals surface area contributed by atoms with Crippen molar-refractivity contribution in [1.29, 1.82) is 0 Å². The highest BCUT2D eigenvalue weighted by Gasteiger charge is 2.33. The Balaban J connectivity index is 2.59. The summed E-state index contributed by atoms with van der Waals surface area (Å²) in [5.74, 6) is 0. The predicted octanol–water partition coefficient (Wildman–Crippen LogP) is 4.67. The highest BCUT2D eigenvalue weighted by molar-refractivity contribution is 9.10. The Bertz CT molecular complexity index is 435. The minimum atomic E-state index is -4.38. The van der Waals surface area contributed by atoms with Gasteiger partial charge >= 0.3 is 6.18 Å². The summed E-state index contributed by atoms with van der Waals surface area (Å²) in [7, 11) is 0. The molecule has 0 aliphatic heterocycles. The van der Waals surface area contributed by atoms with E-state index in [1.165, 1.54) is 6.07 Å². The second-order valence-corrected chi connectivity index (χ2v) is 5.10. The maximum absolute atomic E-state index is 12.8. The van der Waals surface area contributed by atoms with Gasteiger partial charge in [-0.05, 0) is 32.0 Å². The van der Waals surface area contributed by atoms with Gasteiger partial charge in [0.1, 0.15) is 0 Å². The quantitative estimate of drug-likeness (QED) is 0.675. The van der Waals surface area contributed by atoms with Crippen LogP contribution < -0.4 is 5.32 Å². The highest BCUT2D eigenvalue weighted by Crippen LogP contribution is 2.36. The number of benzene rings is 1. The zero-order valence-corrected chi connectivity index (χ0v) is 13.6. The van der Waals surface area contributed by atoms with E-state index in [9.17, 15) is 13.2 Å². The molecule has 120 valence electrons. The molecular weight excluding hydrogens is 351 g/mol. The van der Waals surface area contributed by atoms with Gasteiger partial charge < -0.3 is 14.8 Å². The summed E-state index contributed by atoms with van der Waals surface area (Å²) in [6.07, 6.45) is -4.17. The summed E-state index contributed by atoms with van der Waals surface area (Å²) in [5, 5.41) is 2.95. The number of alkyl halides is 3. The number of ether oxygens (including phenoxy) is 2. The van der Waals surface area contributed by atoms with E-state index in [1.807, 2.05) is 13.8 Å². The van der Waals surface area contributed by atoms with Crippen LogP contribution in [0.25, 0.3) is 0 Å². The first kappa shape index (κ1) is 18.3. The van der Waals surface area contributed by atoms with Gasteiger partial charge in [-0.25, -0.2) is 0 Å². The van der Waals surface area contributed by atoms with E-state index < -0.39 is 11.7 Å². The molecule has 0 spiro atoms. The minimum Gasteiger partial charge on any atom is -0.385 e. The molecule has 1 aromatic carbocycles. The average molecular weight is 370 g/mol. The van der Waals surface area contributed by atoms with E-state index in [-0.39, 0.29) is 10.8 Å². The lowest BCUT2D eigenvalue weighted by molar-refractivity contribution is -0.138. The van der Waals surface area contributed by atoms with Crippen LogP contribution in [0.5, 0.6) is 0 Å². The molecule has 0 unspecified atom stereocenters. The number of hydrogen-bond acceptors (Lipinski definition) is 3. The molecular formula is C14H19BrF3NO2. The molecule has 0 aromatic heterocycles. The third kappa shape index (κ3) is 6.23. The fourth-order valence-electron chi connectivity index (χ4n) is 1.77. The fourth-order valence-corrected chi connectivity index (χ4v) is 2.24. The summed E-state index contributed by atoms with van der Waals surface area (Å²) in [5.41, 5.74) is -0.282. The molecule has 1 aromatic rings. The largest absolute Gasteiger partial charge is 0.417 e. The summed E-state index contributed by atoms with van der Waals surface area (Å²) in [6.45, 7) is 5.25. The summed E-state index contributed by atoms with van der Waals surface area (Å²) >= 11 is 2.91. The molecule has 3 nitrogen and oxygen atoms in total. The molecule has 0 radical (unpaired) electrons. The fraction of sp³-hybridized carbons (Fsp3) is 0.571. The lowest BCUT2D eigenvalue weighted by Crippen LogP contribution is -2.21. The van der Waals surface area contributed by atoms with Crippen LogP contribution in [0, 0.1) is 0 Å². The molecule has 0 saturated carbocycles. The Morgan fingerprint density at radius 1 is 1.19 bits per heavy atom. The number of hydrogen-bond donors (Lipinski definition) is 1. The number of halogens is 4. The standard InChI is InChI=1S/C14H19BrF3NO2/c1-3-20-13(21-4-2)7-8-19-10-5-6-12(15)11(9-10)14(16,17)18/h5-6,9,13,19H,3-4,7-8H2,1-2H3. The second kappa shape index (κ2) is 8.60. The first-order valence-corrected chi connectivity index (χ1v) is 7.51. The van der Waals surface area contributed by atoms with E-state index in [4.69, 9.17) is 9.47 Å². The Morgan fingerprint density at radius 3 is 2.33 bits per heavy atom. The molecule has 0 saturated heterocycles. The van der Waals surface area contributed by atoms with Crippen molar-refractivity contribution in [2.75, 3.05) is 25.1 Å². The molecule has 0 aliphatic rings. The zero-order chi connectivity index (χ0) is 15.9. The molecule has 0 amide bonds. The number of rotatable bonds is 8. The van der Waals surface area contributed by atoms with E-state index in [2.05, 4.69) is 21.2 Å². The van der Waals surface area contributed by atoms with E-state index >= 15 is 0 Å². The predicted molar refractivity (Wildman–Crippen MR) is 79.3 cm³/mol. The van der Waals surface area contributed by atoms with Crippen molar-refractivity contribution in [3.8, 4) is 0 Å². The Morgan fingerprint density at radius 2 is 1.81 bits per heavy atom. The van der Waals surface area contributed by atoms with Gasteiger partial charge in [0.05, 0.1) is 5.56 Å². The van der Waals surface area contributed by atoms with E-state index in [0.29, 0.717) is 31.9 Å². The maximum atomic E-state index is 12.8. The van der Waals surface area contributed by atoms with Gasteiger partial charge in [-0.1, -0.05) is 15.9 Å².